The van der Waals surface area contributed by atoms with Crippen LogP contribution in [0, 0.1) is 0 Å². The molecule has 86 valence electrons. The second kappa shape index (κ2) is 4.48. The van der Waals surface area contributed by atoms with Gasteiger partial charge < -0.3 is 14.9 Å². The number of thiazole rings is 1. The fourth-order valence-electron chi connectivity index (χ4n) is 1.68. The number of carboxylic acid groups (broad SMARTS) is 1. The van der Waals surface area contributed by atoms with Gasteiger partial charge in [-0.2, -0.15) is 0 Å². The van der Waals surface area contributed by atoms with Gasteiger partial charge in [0, 0.05) is 26.2 Å². The number of anilines is 1. The molecule has 6 nitrogen and oxygen atoms in total. The van der Waals surface area contributed by atoms with E-state index < -0.39 is 6.09 Å². The van der Waals surface area contributed by atoms with Gasteiger partial charge in [0.2, 0.25) is 0 Å². The molecule has 1 saturated heterocycles. The van der Waals surface area contributed by atoms with E-state index in [0.717, 1.165) is 6.29 Å². The number of aromatic nitrogens is 1. The van der Waals surface area contributed by atoms with Crippen molar-refractivity contribution >= 4 is 29.5 Å². The van der Waals surface area contributed by atoms with Gasteiger partial charge in [-0.15, -0.1) is 11.3 Å². The van der Waals surface area contributed by atoms with Crippen molar-refractivity contribution in [3.05, 3.63) is 10.4 Å². The summed E-state index contributed by atoms with van der Waals surface area (Å²) in [5, 5.41) is 8.79. The number of piperazine rings is 1. The third kappa shape index (κ3) is 1.99. The lowest BCUT2D eigenvalue weighted by molar-refractivity contribution is 0.112. The quantitative estimate of drug-likeness (QED) is 0.774. The fourth-order valence-corrected chi connectivity index (χ4v) is 2.29. The maximum atomic E-state index is 10.7. The minimum Gasteiger partial charge on any atom is -0.465 e. The molecule has 0 spiro atoms. The second-order valence-electron chi connectivity index (χ2n) is 3.41. The van der Waals surface area contributed by atoms with Crippen molar-refractivity contribution in [2.45, 2.75) is 0 Å². The van der Waals surface area contributed by atoms with Crippen LogP contribution in [0.2, 0.25) is 0 Å². The molecular weight excluding hydrogens is 230 g/mol. The average molecular weight is 241 g/mol. The van der Waals surface area contributed by atoms with Gasteiger partial charge in [0.05, 0.1) is 5.51 Å². The number of rotatable bonds is 2. The summed E-state index contributed by atoms with van der Waals surface area (Å²) in [4.78, 5) is 29.5. The van der Waals surface area contributed by atoms with Gasteiger partial charge in [0.25, 0.3) is 0 Å². The summed E-state index contributed by atoms with van der Waals surface area (Å²) in [6.07, 6.45) is -0.107. The molecule has 0 aromatic carbocycles. The Morgan fingerprint density at radius 2 is 2.12 bits per heavy atom. The number of amides is 1. The van der Waals surface area contributed by atoms with E-state index >= 15 is 0 Å². The molecule has 0 radical (unpaired) electrons. The fraction of sp³-hybridized carbons (Fsp3) is 0.444. The van der Waals surface area contributed by atoms with E-state index in [2.05, 4.69) is 4.98 Å². The molecule has 1 N–H and O–H groups in total. The molecule has 1 aromatic rings. The minimum absolute atomic E-state index is 0.450. The molecule has 1 amide bonds. The largest absolute Gasteiger partial charge is 0.465 e. The molecule has 2 rings (SSSR count). The number of hydrogen-bond acceptors (Lipinski definition) is 5. The van der Waals surface area contributed by atoms with Gasteiger partial charge in [-0.3, -0.25) is 4.79 Å². The number of carbonyl (C=O) groups is 2. The molecule has 0 bridgehead atoms. The minimum atomic E-state index is -0.895. The van der Waals surface area contributed by atoms with E-state index in [0.29, 0.717) is 36.9 Å². The Morgan fingerprint density at radius 1 is 1.44 bits per heavy atom. The predicted molar refractivity (Wildman–Crippen MR) is 59.3 cm³/mol. The third-order valence-electron chi connectivity index (χ3n) is 2.53. The zero-order chi connectivity index (χ0) is 11.5. The lowest BCUT2D eigenvalue weighted by atomic mass is 10.3. The van der Waals surface area contributed by atoms with Crippen LogP contribution in [0.5, 0.6) is 0 Å². The summed E-state index contributed by atoms with van der Waals surface area (Å²) in [7, 11) is 0. The smallest absolute Gasteiger partial charge is 0.407 e. The molecule has 1 aromatic heterocycles. The normalized spacial score (nSPS) is 16.2. The van der Waals surface area contributed by atoms with Crippen LogP contribution in [-0.4, -0.2) is 53.5 Å². The summed E-state index contributed by atoms with van der Waals surface area (Å²) in [5.74, 6) is 0.671. The molecule has 7 heteroatoms. The predicted octanol–water partition coefficient (Wildman–Crippen LogP) is 0.756. The van der Waals surface area contributed by atoms with E-state index in [1.165, 1.54) is 16.2 Å². The molecule has 0 atom stereocenters. The first kappa shape index (κ1) is 10.9. The first-order chi connectivity index (χ1) is 7.72. The molecule has 1 aliphatic heterocycles. The molecular formula is C9H11N3O3S. The monoisotopic (exact) mass is 241 g/mol. The maximum Gasteiger partial charge on any atom is 0.407 e. The van der Waals surface area contributed by atoms with Crippen molar-refractivity contribution in [2.24, 2.45) is 0 Å². The van der Waals surface area contributed by atoms with E-state index in [1.54, 1.807) is 5.51 Å². The van der Waals surface area contributed by atoms with E-state index in [-0.39, 0.29) is 0 Å². The van der Waals surface area contributed by atoms with Crippen molar-refractivity contribution in [2.75, 3.05) is 31.1 Å². The van der Waals surface area contributed by atoms with E-state index in [4.69, 9.17) is 5.11 Å². The third-order valence-corrected chi connectivity index (χ3v) is 3.28. The summed E-state index contributed by atoms with van der Waals surface area (Å²) < 4.78 is 0. The molecule has 2 heterocycles. The number of nitrogens with zero attached hydrogens (tertiary/aromatic N) is 3. The zero-order valence-corrected chi connectivity index (χ0v) is 9.31. The Balaban J connectivity index is 2.04. The topological polar surface area (TPSA) is 73.7 Å². The second-order valence-corrected chi connectivity index (χ2v) is 4.30. The van der Waals surface area contributed by atoms with Gasteiger partial charge in [0.15, 0.2) is 6.29 Å². The lowest BCUT2D eigenvalue weighted by Crippen LogP contribution is -2.48. The van der Waals surface area contributed by atoms with Gasteiger partial charge in [0.1, 0.15) is 10.7 Å². The number of hydrogen-bond donors (Lipinski definition) is 1. The van der Waals surface area contributed by atoms with Crippen LogP contribution in [0.15, 0.2) is 5.51 Å². The van der Waals surface area contributed by atoms with Crippen LogP contribution in [0.4, 0.5) is 10.6 Å². The molecule has 0 unspecified atom stereocenters. The number of aldehydes is 1. The first-order valence-corrected chi connectivity index (χ1v) is 5.72. The Morgan fingerprint density at radius 3 is 2.69 bits per heavy atom. The SMILES string of the molecule is O=Cc1scnc1N1CCN(C(=O)O)CC1. The molecule has 1 fully saturated rings. The van der Waals surface area contributed by atoms with Crippen molar-refractivity contribution < 1.29 is 14.7 Å². The molecule has 1 aliphatic rings. The van der Waals surface area contributed by atoms with Crippen molar-refractivity contribution in [3.63, 3.8) is 0 Å². The van der Waals surface area contributed by atoms with Crippen molar-refractivity contribution in [1.29, 1.82) is 0 Å². The summed E-state index contributed by atoms with van der Waals surface area (Å²) in [5.41, 5.74) is 1.63. The summed E-state index contributed by atoms with van der Waals surface area (Å²) in [6.45, 7) is 2.06. The van der Waals surface area contributed by atoms with Gasteiger partial charge in [-0.1, -0.05) is 0 Å². The average Bonchev–Trinajstić information content (AvgIpc) is 2.77. The van der Waals surface area contributed by atoms with Gasteiger partial charge >= 0.3 is 6.09 Å². The Labute approximate surface area is 96.1 Å². The highest BCUT2D eigenvalue weighted by atomic mass is 32.1. The van der Waals surface area contributed by atoms with Crippen molar-refractivity contribution in [3.8, 4) is 0 Å². The molecule has 0 aliphatic carbocycles. The molecule has 16 heavy (non-hydrogen) atoms. The van der Waals surface area contributed by atoms with E-state index in [1.807, 2.05) is 4.90 Å². The van der Waals surface area contributed by atoms with Crippen LogP contribution >= 0.6 is 11.3 Å². The summed E-state index contributed by atoms with van der Waals surface area (Å²) >= 11 is 1.30. The van der Waals surface area contributed by atoms with E-state index in [9.17, 15) is 9.59 Å². The van der Waals surface area contributed by atoms with Gasteiger partial charge in [-0.05, 0) is 0 Å². The van der Waals surface area contributed by atoms with Crippen LogP contribution in [-0.2, 0) is 0 Å². The molecule has 0 saturated carbocycles. The highest BCUT2D eigenvalue weighted by Gasteiger charge is 2.23. The highest BCUT2D eigenvalue weighted by molar-refractivity contribution is 7.11. The van der Waals surface area contributed by atoms with Gasteiger partial charge in [-0.25, -0.2) is 9.78 Å². The van der Waals surface area contributed by atoms with Crippen molar-refractivity contribution in [1.82, 2.24) is 9.88 Å². The maximum absolute atomic E-state index is 10.7. The Hall–Kier alpha value is -1.63. The Bertz CT molecular complexity index is 398. The Kier molecular flexibility index (Phi) is 3.04. The lowest BCUT2D eigenvalue weighted by Gasteiger charge is -2.33. The summed E-state index contributed by atoms with van der Waals surface area (Å²) in [6, 6.07) is 0. The first-order valence-electron chi connectivity index (χ1n) is 4.84. The van der Waals surface area contributed by atoms with Crippen LogP contribution in [0.1, 0.15) is 9.67 Å². The number of carbonyl (C=O) groups excluding carboxylic acids is 1. The highest BCUT2D eigenvalue weighted by Crippen LogP contribution is 2.21. The van der Waals surface area contributed by atoms with Crippen LogP contribution < -0.4 is 4.90 Å². The van der Waals surface area contributed by atoms with Crippen LogP contribution in [0.3, 0.4) is 0 Å². The standard InChI is InChI=1S/C9H11N3O3S/c13-5-7-8(10-6-16-7)11-1-3-12(4-2-11)9(14)15/h5-6H,1-4H2,(H,14,15). The van der Waals surface area contributed by atoms with Crippen LogP contribution in [0.25, 0.3) is 0 Å². The zero-order valence-electron chi connectivity index (χ0n) is 8.50.